The Morgan fingerprint density at radius 1 is 1.38 bits per heavy atom. The monoisotopic (exact) mass is 193 g/mol. The molecule has 0 atom stereocenters. The van der Waals surface area contributed by atoms with Crippen molar-refractivity contribution in [2.45, 2.75) is 0 Å². The van der Waals surface area contributed by atoms with E-state index in [2.05, 4.69) is 0 Å². The Hall–Kier alpha value is -1.28. The quantitative estimate of drug-likeness (QED) is 0.638. The van der Waals surface area contributed by atoms with Gasteiger partial charge in [0.2, 0.25) is 0 Å². The molecule has 0 spiro atoms. The molecule has 0 amide bonds. The molecule has 66 valence electrons. The van der Waals surface area contributed by atoms with Gasteiger partial charge in [-0.2, -0.15) is 0 Å². The number of halogens is 1. The Morgan fingerprint density at radius 3 is 2.77 bits per heavy atom. The Morgan fingerprint density at radius 2 is 2.08 bits per heavy atom. The molecule has 2 nitrogen and oxygen atoms in total. The molecule has 0 saturated carbocycles. The standard InChI is InChI=1S/C10H8ClNO/c1-12-6-8(10(11)13)7-4-2-3-5-9(7)12/h2-6H,1H3. The van der Waals surface area contributed by atoms with Crippen LogP contribution in [0.3, 0.4) is 0 Å². The van der Waals surface area contributed by atoms with Crippen molar-refractivity contribution < 1.29 is 4.79 Å². The number of fused-ring (bicyclic) bond motifs is 1. The second kappa shape index (κ2) is 2.89. The lowest BCUT2D eigenvalue weighted by atomic mass is 10.2. The maximum absolute atomic E-state index is 11.0. The van der Waals surface area contributed by atoms with Gasteiger partial charge in [-0.25, -0.2) is 0 Å². The van der Waals surface area contributed by atoms with E-state index in [0.717, 1.165) is 10.9 Å². The maximum atomic E-state index is 11.0. The fraction of sp³-hybridized carbons (Fsp3) is 0.100. The van der Waals surface area contributed by atoms with Crippen LogP contribution in [0.5, 0.6) is 0 Å². The minimum Gasteiger partial charge on any atom is -0.350 e. The maximum Gasteiger partial charge on any atom is 0.254 e. The molecule has 0 N–H and O–H groups in total. The predicted molar refractivity (Wildman–Crippen MR) is 53.1 cm³/mol. The third-order valence-electron chi connectivity index (χ3n) is 2.11. The highest BCUT2D eigenvalue weighted by molar-refractivity contribution is 6.68. The number of aromatic nitrogens is 1. The van der Waals surface area contributed by atoms with Gasteiger partial charge in [-0.1, -0.05) is 18.2 Å². The molecule has 13 heavy (non-hydrogen) atoms. The van der Waals surface area contributed by atoms with E-state index in [1.54, 1.807) is 6.20 Å². The van der Waals surface area contributed by atoms with E-state index in [0.29, 0.717) is 5.56 Å². The highest BCUT2D eigenvalue weighted by Crippen LogP contribution is 2.21. The molecule has 3 heteroatoms. The number of aryl methyl sites for hydroxylation is 1. The molecular weight excluding hydrogens is 186 g/mol. The molecule has 0 saturated heterocycles. The highest BCUT2D eigenvalue weighted by Gasteiger charge is 2.10. The number of carbonyl (C=O) groups excluding carboxylic acids is 1. The molecule has 0 unspecified atom stereocenters. The van der Waals surface area contributed by atoms with Gasteiger partial charge in [-0.15, -0.1) is 0 Å². The van der Waals surface area contributed by atoms with Crippen LogP contribution in [-0.2, 0) is 7.05 Å². The summed E-state index contributed by atoms with van der Waals surface area (Å²) in [4.78, 5) is 11.0. The van der Waals surface area contributed by atoms with Crippen LogP contribution in [0.4, 0.5) is 0 Å². The van der Waals surface area contributed by atoms with Crippen molar-refractivity contribution in [1.29, 1.82) is 0 Å². The topological polar surface area (TPSA) is 22.0 Å². The van der Waals surface area contributed by atoms with Gasteiger partial charge in [-0.05, 0) is 17.7 Å². The van der Waals surface area contributed by atoms with Crippen LogP contribution in [0.15, 0.2) is 30.5 Å². The van der Waals surface area contributed by atoms with Crippen molar-refractivity contribution >= 4 is 27.7 Å². The molecule has 1 heterocycles. The zero-order chi connectivity index (χ0) is 9.42. The summed E-state index contributed by atoms with van der Waals surface area (Å²) >= 11 is 5.44. The molecule has 2 aromatic rings. The van der Waals surface area contributed by atoms with E-state index in [9.17, 15) is 4.79 Å². The minimum absolute atomic E-state index is 0.406. The van der Waals surface area contributed by atoms with Crippen molar-refractivity contribution in [2.24, 2.45) is 7.05 Å². The number of rotatable bonds is 1. The van der Waals surface area contributed by atoms with Gasteiger partial charge in [0, 0.05) is 24.1 Å². The number of nitrogens with zero attached hydrogens (tertiary/aromatic N) is 1. The SMILES string of the molecule is Cn1cc(C(=O)Cl)c2ccccc21. The summed E-state index contributed by atoms with van der Waals surface area (Å²) in [5.74, 6) is 0. The lowest BCUT2D eigenvalue weighted by Gasteiger charge is -1.92. The predicted octanol–water partition coefficient (Wildman–Crippen LogP) is 2.56. The molecule has 0 aliphatic heterocycles. The Kier molecular flexibility index (Phi) is 1.85. The fourth-order valence-electron chi connectivity index (χ4n) is 1.50. The van der Waals surface area contributed by atoms with E-state index >= 15 is 0 Å². The van der Waals surface area contributed by atoms with E-state index in [-0.39, 0.29) is 0 Å². The van der Waals surface area contributed by atoms with Gasteiger partial charge in [0.1, 0.15) is 0 Å². The molecule has 0 radical (unpaired) electrons. The largest absolute Gasteiger partial charge is 0.350 e. The van der Waals surface area contributed by atoms with Gasteiger partial charge in [-0.3, -0.25) is 4.79 Å². The third-order valence-corrected chi connectivity index (χ3v) is 2.31. The molecule has 0 aliphatic carbocycles. The summed E-state index contributed by atoms with van der Waals surface area (Å²) < 4.78 is 1.89. The first kappa shape index (κ1) is 8.32. The summed E-state index contributed by atoms with van der Waals surface area (Å²) in [6.45, 7) is 0. The lowest BCUT2D eigenvalue weighted by Crippen LogP contribution is -1.85. The number of hydrogen-bond donors (Lipinski definition) is 0. The van der Waals surface area contributed by atoms with Crippen molar-refractivity contribution in [3.05, 3.63) is 36.0 Å². The van der Waals surface area contributed by atoms with E-state index < -0.39 is 5.24 Å². The Bertz CT molecular complexity index is 473. The second-order valence-corrected chi connectivity index (χ2v) is 3.29. The summed E-state index contributed by atoms with van der Waals surface area (Å²) in [6.07, 6.45) is 1.75. The molecular formula is C10H8ClNO. The van der Waals surface area contributed by atoms with Crippen LogP contribution in [-0.4, -0.2) is 9.81 Å². The van der Waals surface area contributed by atoms with E-state index in [1.807, 2.05) is 35.9 Å². The van der Waals surface area contributed by atoms with Crippen molar-refractivity contribution in [3.63, 3.8) is 0 Å². The smallest absolute Gasteiger partial charge is 0.254 e. The summed E-state index contributed by atoms with van der Waals surface area (Å²) in [6, 6.07) is 7.68. The summed E-state index contributed by atoms with van der Waals surface area (Å²) in [5, 5.41) is 0.502. The average molecular weight is 194 g/mol. The van der Waals surface area contributed by atoms with Gasteiger partial charge in [0.25, 0.3) is 5.24 Å². The molecule has 1 aromatic carbocycles. The van der Waals surface area contributed by atoms with E-state index in [1.165, 1.54) is 0 Å². The molecule has 0 aliphatic rings. The zero-order valence-electron chi connectivity index (χ0n) is 7.12. The van der Waals surface area contributed by atoms with Crippen LogP contribution in [0.25, 0.3) is 10.9 Å². The van der Waals surface area contributed by atoms with Crippen LogP contribution >= 0.6 is 11.6 Å². The van der Waals surface area contributed by atoms with Gasteiger partial charge in [0.05, 0.1) is 5.56 Å². The van der Waals surface area contributed by atoms with Crippen molar-refractivity contribution in [2.75, 3.05) is 0 Å². The van der Waals surface area contributed by atoms with Gasteiger partial charge >= 0.3 is 0 Å². The summed E-state index contributed by atoms with van der Waals surface area (Å²) in [7, 11) is 1.89. The Balaban J connectivity index is 2.85. The fourth-order valence-corrected chi connectivity index (χ4v) is 1.65. The van der Waals surface area contributed by atoms with Crippen LogP contribution < -0.4 is 0 Å². The number of carbonyl (C=O) groups is 1. The summed E-state index contributed by atoms with van der Waals surface area (Å²) in [5.41, 5.74) is 1.59. The number of para-hydroxylation sites is 1. The zero-order valence-corrected chi connectivity index (χ0v) is 7.88. The second-order valence-electron chi connectivity index (χ2n) is 2.94. The first-order valence-corrected chi connectivity index (χ1v) is 4.32. The molecule has 0 bridgehead atoms. The number of hydrogen-bond acceptors (Lipinski definition) is 1. The van der Waals surface area contributed by atoms with Crippen LogP contribution in [0, 0.1) is 0 Å². The normalized spacial score (nSPS) is 10.6. The number of benzene rings is 1. The van der Waals surface area contributed by atoms with Crippen molar-refractivity contribution in [3.8, 4) is 0 Å². The van der Waals surface area contributed by atoms with Crippen LogP contribution in [0.1, 0.15) is 10.4 Å². The van der Waals surface area contributed by atoms with Crippen molar-refractivity contribution in [1.82, 2.24) is 4.57 Å². The first-order valence-electron chi connectivity index (χ1n) is 3.94. The molecule has 2 rings (SSSR count). The Labute approximate surface area is 80.7 Å². The minimum atomic E-state index is -0.406. The van der Waals surface area contributed by atoms with Gasteiger partial charge in [0.15, 0.2) is 0 Å². The van der Waals surface area contributed by atoms with Gasteiger partial charge < -0.3 is 4.57 Å². The lowest BCUT2D eigenvalue weighted by molar-refractivity contribution is 0.108. The van der Waals surface area contributed by atoms with Crippen LogP contribution in [0.2, 0.25) is 0 Å². The third kappa shape index (κ3) is 1.23. The van der Waals surface area contributed by atoms with E-state index in [4.69, 9.17) is 11.6 Å². The first-order chi connectivity index (χ1) is 6.20. The average Bonchev–Trinajstić information content (AvgIpc) is 2.45. The highest BCUT2D eigenvalue weighted by atomic mass is 35.5. The molecule has 1 aromatic heterocycles. The molecule has 0 fully saturated rings.